The Balaban J connectivity index is 1.51. The fraction of sp³-hybridized carbons (Fsp3) is 0.450. The van der Waals surface area contributed by atoms with Crippen molar-refractivity contribution in [3.05, 3.63) is 35.9 Å². The zero-order valence-electron chi connectivity index (χ0n) is 15.8. The Bertz CT molecular complexity index is 745. The second-order valence-corrected chi connectivity index (χ2v) is 6.94. The topological polar surface area (TPSA) is 65.9 Å². The molecule has 2 aliphatic rings. The maximum atomic E-state index is 5.18. The Kier molecular flexibility index (Phi) is 5.37. The number of ether oxygens (including phenoxy) is 1. The molecule has 142 valence electrons. The van der Waals surface area contributed by atoms with Crippen LogP contribution in [-0.4, -0.2) is 49.5 Å². The molecule has 0 aliphatic carbocycles. The first-order chi connectivity index (χ1) is 13.3. The van der Waals surface area contributed by atoms with E-state index in [-0.39, 0.29) is 0 Å². The van der Waals surface area contributed by atoms with Gasteiger partial charge < -0.3 is 14.5 Å². The zero-order valence-corrected chi connectivity index (χ0v) is 15.8. The molecule has 0 saturated carbocycles. The van der Waals surface area contributed by atoms with Gasteiger partial charge >= 0.3 is 0 Å². The molecule has 4 rings (SSSR count). The van der Waals surface area contributed by atoms with Crippen LogP contribution in [0.2, 0.25) is 0 Å². The molecule has 0 radical (unpaired) electrons. The Labute approximate surface area is 160 Å². The number of hydrazone groups is 1. The lowest BCUT2D eigenvalue weighted by Crippen LogP contribution is -2.24. The van der Waals surface area contributed by atoms with Gasteiger partial charge in [0.1, 0.15) is 11.6 Å². The number of hydrogen-bond acceptors (Lipinski definition) is 7. The van der Waals surface area contributed by atoms with Gasteiger partial charge in [0, 0.05) is 32.2 Å². The predicted molar refractivity (Wildman–Crippen MR) is 109 cm³/mol. The predicted octanol–water partition coefficient (Wildman–Crippen LogP) is 3.13. The van der Waals surface area contributed by atoms with E-state index >= 15 is 0 Å². The average molecular weight is 366 g/mol. The van der Waals surface area contributed by atoms with Crippen molar-refractivity contribution in [2.75, 3.05) is 48.5 Å². The summed E-state index contributed by atoms with van der Waals surface area (Å²) in [6.45, 7) is 4.17. The van der Waals surface area contributed by atoms with E-state index in [2.05, 4.69) is 25.3 Å². The minimum atomic E-state index is 0.735. The molecule has 0 unspecified atom stereocenters. The Morgan fingerprint density at radius 2 is 1.63 bits per heavy atom. The molecule has 7 nitrogen and oxygen atoms in total. The highest BCUT2D eigenvalue weighted by Gasteiger charge is 2.20. The van der Waals surface area contributed by atoms with E-state index in [1.807, 2.05) is 30.3 Å². The van der Waals surface area contributed by atoms with Crippen LogP contribution in [0.4, 0.5) is 17.6 Å². The number of methoxy groups -OCH3 is 1. The van der Waals surface area contributed by atoms with E-state index in [0.717, 1.165) is 55.1 Å². The van der Waals surface area contributed by atoms with Gasteiger partial charge in [0.2, 0.25) is 5.95 Å². The third kappa shape index (κ3) is 4.30. The van der Waals surface area contributed by atoms with Gasteiger partial charge in [-0.2, -0.15) is 15.1 Å². The molecule has 27 heavy (non-hydrogen) atoms. The number of rotatable bonds is 6. The van der Waals surface area contributed by atoms with Crippen molar-refractivity contribution in [1.29, 1.82) is 0 Å². The second-order valence-electron chi connectivity index (χ2n) is 6.94. The first-order valence-corrected chi connectivity index (χ1v) is 9.64. The Morgan fingerprint density at radius 1 is 0.963 bits per heavy atom. The first kappa shape index (κ1) is 17.6. The third-order valence-corrected chi connectivity index (χ3v) is 5.03. The van der Waals surface area contributed by atoms with Crippen molar-refractivity contribution in [3.8, 4) is 5.75 Å². The molecule has 0 amide bonds. The highest BCUT2D eigenvalue weighted by Crippen LogP contribution is 2.25. The number of nitrogens with zero attached hydrogens (tertiary/aromatic N) is 5. The van der Waals surface area contributed by atoms with Gasteiger partial charge in [-0.1, -0.05) is 0 Å². The van der Waals surface area contributed by atoms with E-state index in [4.69, 9.17) is 9.72 Å². The average Bonchev–Trinajstić information content (AvgIpc) is 3.42. The van der Waals surface area contributed by atoms with Crippen LogP contribution in [0.15, 0.2) is 35.4 Å². The van der Waals surface area contributed by atoms with Crippen molar-refractivity contribution >= 4 is 23.8 Å². The number of nitrogens with one attached hydrogen (secondary N) is 1. The van der Waals surface area contributed by atoms with Gasteiger partial charge in [0.05, 0.1) is 13.3 Å². The molecule has 0 atom stereocenters. The molecule has 0 spiro atoms. The van der Waals surface area contributed by atoms with Crippen LogP contribution in [0.5, 0.6) is 5.75 Å². The van der Waals surface area contributed by atoms with Crippen molar-refractivity contribution in [2.45, 2.75) is 25.7 Å². The van der Waals surface area contributed by atoms with E-state index in [1.165, 1.54) is 25.7 Å². The van der Waals surface area contributed by atoms with Crippen molar-refractivity contribution in [3.63, 3.8) is 0 Å². The fourth-order valence-corrected chi connectivity index (χ4v) is 3.51. The maximum absolute atomic E-state index is 5.18. The van der Waals surface area contributed by atoms with Crippen LogP contribution >= 0.6 is 0 Å². The highest BCUT2D eigenvalue weighted by molar-refractivity contribution is 5.80. The monoisotopic (exact) mass is 366 g/mol. The largest absolute Gasteiger partial charge is 0.497 e. The summed E-state index contributed by atoms with van der Waals surface area (Å²) in [5.74, 6) is 3.37. The smallest absolute Gasteiger partial charge is 0.229 e. The molecule has 1 aromatic carbocycles. The summed E-state index contributed by atoms with van der Waals surface area (Å²) in [4.78, 5) is 14.1. The van der Waals surface area contributed by atoms with Crippen LogP contribution < -0.4 is 20.0 Å². The number of benzene rings is 1. The Morgan fingerprint density at radius 3 is 2.30 bits per heavy atom. The highest BCUT2D eigenvalue weighted by atomic mass is 16.5. The lowest BCUT2D eigenvalue weighted by molar-refractivity contribution is 0.415. The molecule has 0 bridgehead atoms. The summed E-state index contributed by atoms with van der Waals surface area (Å²) < 4.78 is 5.18. The molecular formula is C20H26N6O. The SMILES string of the molecule is COc1ccc(/C=N/Nc2cc(N3CCCC3)nc(N3CCCC3)n2)cc1. The van der Waals surface area contributed by atoms with Gasteiger partial charge in [0.15, 0.2) is 5.82 Å². The number of anilines is 3. The van der Waals surface area contributed by atoms with Gasteiger partial charge in [-0.25, -0.2) is 0 Å². The van der Waals surface area contributed by atoms with E-state index < -0.39 is 0 Å². The fourth-order valence-electron chi connectivity index (χ4n) is 3.51. The van der Waals surface area contributed by atoms with Crippen molar-refractivity contribution in [1.82, 2.24) is 9.97 Å². The molecule has 2 aliphatic heterocycles. The van der Waals surface area contributed by atoms with Crippen LogP contribution in [0.1, 0.15) is 31.2 Å². The van der Waals surface area contributed by atoms with Gasteiger partial charge in [-0.05, 0) is 55.5 Å². The molecule has 2 fully saturated rings. The minimum Gasteiger partial charge on any atom is -0.497 e. The summed E-state index contributed by atoms with van der Waals surface area (Å²) in [5, 5.41) is 4.36. The summed E-state index contributed by atoms with van der Waals surface area (Å²) in [6, 6.07) is 9.77. The summed E-state index contributed by atoms with van der Waals surface area (Å²) >= 11 is 0. The first-order valence-electron chi connectivity index (χ1n) is 9.64. The van der Waals surface area contributed by atoms with E-state index in [1.54, 1.807) is 13.3 Å². The quantitative estimate of drug-likeness (QED) is 0.626. The minimum absolute atomic E-state index is 0.735. The molecule has 1 N–H and O–H groups in total. The van der Waals surface area contributed by atoms with Crippen molar-refractivity contribution in [2.24, 2.45) is 5.10 Å². The summed E-state index contributed by atoms with van der Waals surface area (Å²) in [5.41, 5.74) is 4.08. The normalized spacial score (nSPS) is 17.1. The number of hydrogen-bond donors (Lipinski definition) is 1. The zero-order chi connectivity index (χ0) is 18.5. The van der Waals surface area contributed by atoms with E-state index in [0.29, 0.717) is 0 Å². The molecule has 7 heteroatoms. The molecule has 2 aromatic rings. The lowest BCUT2D eigenvalue weighted by atomic mass is 10.2. The van der Waals surface area contributed by atoms with Gasteiger partial charge in [0.25, 0.3) is 0 Å². The third-order valence-electron chi connectivity index (χ3n) is 5.03. The molecule has 3 heterocycles. The number of aromatic nitrogens is 2. The molecule has 1 aromatic heterocycles. The summed E-state index contributed by atoms with van der Waals surface area (Å²) in [7, 11) is 1.66. The molecular weight excluding hydrogens is 340 g/mol. The lowest BCUT2D eigenvalue weighted by Gasteiger charge is -2.21. The van der Waals surface area contributed by atoms with Crippen LogP contribution in [0.25, 0.3) is 0 Å². The van der Waals surface area contributed by atoms with Crippen molar-refractivity contribution < 1.29 is 4.74 Å². The summed E-state index contributed by atoms with van der Waals surface area (Å²) in [6.07, 6.45) is 6.64. The van der Waals surface area contributed by atoms with Gasteiger partial charge in [-0.15, -0.1) is 0 Å². The van der Waals surface area contributed by atoms with Crippen LogP contribution in [-0.2, 0) is 0 Å². The Hall–Kier alpha value is -2.83. The standard InChI is InChI=1S/C20H26N6O/c1-27-17-8-6-16(7-9-17)15-21-24-18-14-19(25-10-2-3-11-25)23-20(22-18)26-12-4-5-13-26/h6-9,14-15H,2-5,10-13H2,1H3,(H,22,23,24)/b21-15+. The van der Waals surface area contributed by atoms with Gasteiger partial charge in [-0.3, -0.25) is 5.43 Å². The van der Waals surface area contributed by atoms with Crippen LogP contribution in [0.3, 0.4) is 0 Å². The second kappa shape index (κ2) is 8.24. The maximum Gasteiger partial charge on any atom is 0.229 e. The van der Waals surface area contributed by atoms with Crippen LogP contribution in [0, 0.1) is 0 Å². The molecule has 2 saturated heterocycles. The van der Waals surface area contributed by atoms with E-state index in [9.17, 15) is 0 Å².